The zero-order chi connectivity index (χ0) is 10.6. The van der Waals surface area contributed by atoms with Crippen LogP contribution in [0.3, 0.4) is 0 Å². The molecule has 0 aliphatic heterocycles. The quantitative estimate of drug-likeness (QED) is 0.732. The summed E-state index contributed by atoms with van der Waals surface area (Å²) < 4.78 is 4.82. The lowest BCUT2D eigenvalue weighted by Gasteiger charge is -2.14. The minimum absolute atomic E-state index is 0.110. The zero-order valence-electron chi connectivity index (χ0n) is 7.97. The molecule has 0 unspecified atom stereocenters. The summed E-state index contributed by atoms with van der Waals surface area (Å²) in [4.78, 5) is 11.9. The molecule has 1 rings (SSSR count). The van der Waals surface area contributed by atoms with Gasteiger partial charge in [-0.25, -0.2) is 0 Å². The Kier molecular flexibility index (Phi) is 3.22. The van der Waals surface area contributed by atoms with Crippen LogP contribution in [0, 0.1) is 0 Å². The van der Waals surface area contributed by atoms with E-state index in [0.29, 0.717) is 11.7 Å². The van der Waals surface area contributed by atoms with Gasteiger partial charge in [-0.1, -0.05) is 0 Å². The molecule has 1 N–H and O–H groups in total. The lowest BCUT2D eigenvalue weighted by atomic mass is 10.4. The monoisotopic (exact) mass is 197 g/mol. The summed E-state index contributed by atoms with van der Waals surface area (Å²) in [5.41, 5.74) is 0. The molecule has 14 heavy (non-hydrogen) atoms. The second-order valence-corrected chi connectivity index (χ2v) is 2.68. The maximum Gasteiger partial charge on any atom is 0.323 e. The third-order valence-electron chi connectivity index (χ3n) is 1.60. The van der Waals surface area contributed by atoms with E-state index in [4.69, 9.17) is 9.84 Å². The molecule has 0 saturated carbocycles. The molecule has 76 valence electrons. The minimum atomic E-state index is -0.912. The number of likely N-dealkylation sites (N-methyl/N-ethyl adjacent to an activating group) is 1. The summed E-state index contributed by atoms with van der Waals surface area (Å²) in [7, 11) is 3.12. The fourth-order valence-electron chi connectivity index (χ4n) is 0.909. The van der Waals surface area contributed by atoms with Gasteiger partial charge >= 0.3 is 5.97 Å². The summed E-state index contributed by atoms with van der Waals surface area (Å²) in [5, 5.41) is 16.0. The molecule has 1 heterocycles. The number of carbonyl (C=O) groups is 1. The van der Waals surface area contributed by atoms with Crippen LogP contribution in [0.15, 0.2) is 12.1 Å². The van der Waals surface area contributed by atoms with Gasteiger partial charge in [0.1, 0.15) is 6.54 Å². The van der Waals surface area contributed by atoms with E-state index >= 15 is 0 Å². The van der Waals surface area contributed by atoms with Crippen LogP contribution in [-0.2, 0) is 4.79 Å². The average molecular weight is 197 g/mol. The maximum atomic E-state index is 10.4. The van der Waals surface area contributed by atoms with Crippen LogP contribution >= 0.6 is 0 Å². The molecule has 0 aliphatic rings. The smallest absolute Gasteiger partial charge is 0.323 e. The first-order chi connectivity index (χ1) is 6.63. The number of hydrogen-bond acceptors (Lipinski definition) is 5. The number of ether oxygens (including phenoxy) is 1. The number of aliphatic carboxylic acids is 1. The fourth-order valence-corrected chi connectivity index (χ4v) is 0.909. The molecule has 1 aromatic rings. The normalized spacial score (nSPS) is 9.57. The van der Waals surface area contributed by atoms with Crippen LogP contribution in [0.1, 0.15) is 0 Å². The van der Waals surface area contributed by atoms with Crippen molar-refractivity contribution in [1.29, 1.82) is 0 Å². The van der Waals surface area contributed by atoms with Gasteiger partial charge in [-0.15, -0.1) is 10.2 Å². The molecule has 6 heteroatoms. The molecule has 0 spiro atoms. The van der Waals surface area contributed by atoms with E-state index in [1.165, 1.54) is 12.0 Å². The summed E-state index contributed by atoms with van der Waals surface area (Å²) in [6.45, 7) is -0.110. The van der Waals surface area contributed by atoms with Gasteiger partial charge in [0.15, 0.2) is 5.82 Å². The second kappa shape index (κ2) is 4.40. The predicted molar refractivity (Wildman–Crippen MR) is 49.5 cm³/mol. The molecule has 0 atom stereocenters. The van der Waals surface area contributed by atoms with Crippen molar-refractivity contribution in [1.82, 2.24) is 10.2 Å². The van der Waals surface area contributed by atoms with Crippen LogP contribution in [0.2, 0.25) is 0 Å². The average Bonchev–Trinajstić information content (AvgIpc) is 2.17. The van der Waals surface area contributed by atoms with Crippen molar-refractivity contribution in [2.24, 2.45) is 0 Å². The van der Waals surface area contributed by atoms with Crippen LogP contribution in [0.25, 0.3) is 0 Å². The van der Waals surface area contributed by atoms with E-state index in [9.17, 15) is 4.79 Å². The highest BCUT2D eigenvalue weighted by atomic mass is 16.5. The van der Waals surface area contributed by atoms with Gasteiger partial charge in [-0.3, -0.25) is 4.79 Å². The van der Waals surface area contributed by atoms with E-state index in [0.717, 1.165) is 0 Å². The summed E-state index contributed by atoms with van der Waals surface area (Å²) in [6, 6.07) is 3.27. The van der Waals surface area contributed by atoms with Crippen molar-refractivity contribution in [3.63, 3.8) is 0 Å². The van der Waals surface area contributed by atoms with Gasteiger partial charge in [0.05, 0.1) is 7.11 Å². The van der Waals surface area contributed by atoms with E-state index < -0.39 is 5.97 Å². The molecule has 1 aromatic heterocycles. The minimum Gasteiger partial charge on any atom is -0.480 e. The van der Waals surface area contributed by atoms with E-state index in [-0.39, 0.29) is 6.54 Å². The Morgan fingerprint density at radius 2 is 2.29 bits per heavy atom. The number of methoxy groups -OCH3 is 1. The topological polar surface area (TPSA) is 75.5 Å². The standard InChI is InChI=1S/C8H11N3O3/c1-11(5-8(12)13)6-3-4-7(14-2)10-9-6/h3-4H,5H2,1-2H3,(H,12,13). The van der Waals surface area contributed by atoms with Gasteiger partial charge in [-0.2, -0.15) is 0 Å². The molecule has 0 aliphatic carbocycles. The summed E-state index contributed by atoms with van der Waals surface area (Å²) in [5.74, 6) is -0.0178. The van der Waals surface area contributed by atoms with Gasteiger partial charge in [-0.05, 0) is 6.07 Å². The van der Waals surface area contributed by atoms with Crippen LogP contribution in [0.4, 0.5) is 5.82 Å². The number of rotatable bonds is 4. The van der Waals surface area contributed by atoms with E-state index in [1.807, 2.05) is 0 Å². The summed E-state index contributed by atoms with van der Waals surface area (Å²) >= 11 is 0. The molecule has 0 fully saturated rings. The first-order valence-corrected chi connectivity index (χ1v) is 3.94. The molecule has 0 amide bonds. The Labute approximate surface area is 81.1 Å². The van der Waals surface area contributed by atoms with Gasteiger partial charge in [0.2, 0.25) is 5.88 Å². The Morgan fingerprint density at radius 1 is 1.57 bits per heavy atom. The Bertz CT molecular complexity index is 312. The van der Waals surface area contributed by atoms with E-state index in [2.05, 4.69) is 10.2 Å². The van der Waals surface area contributed by atoms with Crippen molar-refractivity contribution in [2.75, 3.05) is 25.6 Å². The SMILES string of the molecule is COc1ccc(N(C)CC(=O)O)nn1. The number of nitrogens with zero attached hydrogens (tertiary/aromatic N) is 3. The van der Waals surface area contributed by atoms with Crippen molar-refractivity contribution >= 4 is 11.8 Å². The molecular weight excluding hydrogens is 186 g/mol. The summed E-state index contributed by atoms with van der Waals surface area (Å²) in [6.07, 6.45) is 0. The Hall–Kier alpha value is -1.85. The number of anilines is 1. The highest BCUT2D eigenvalue weighted by molar-refractivity contribution is 5.72. The molecule has 0 radical (unpaired) electrons. The maximum absolute atomic E-state index is 10.4. The van der Waals surface area contributed by atoms with Crippen LogP contribution in [-0.4, -0.2) is 42.0 Å². The first kappa shape index (κ1) is 10.2. The van der Waals surface area contributed by atoms with Crippen molar-refractivity contribution < 1.29 is 14.6 Å². The molecular formula is C8H11N3O3. The Morgan fingerprint density at radius 3 is 2.71 bits per heavy atom. The molecule has 0 saturated heterocycles. The van der Waals surface area contributed by atoms with Crippen molar-refractivity contribution in [2.45, 2.75) is 0 Å². The first-order valence-electron chi connectivity index (χ1n) is 3.94. The number of aromatic nitrogens is 2. The van der Waals surface area contributed by atoms with Gasteiger partial charge in [0.25, 0.3) is 0 Å². The predicted octanol–water partition coefficient (Wildman–Crippen LogP) is 0.00600. The van der Waals surface area contributed by atoms with Crippen LogP contribution < -0.4 is 9.64 Å². The molecule has 6 nitrogen and oxygen atoms in total. The lowest BCUT2D eigenvalue weighted by molar-refractivity contribution is -0.135. The highest BCUT2D eigenvalue weighted by Gasteiger charge is 2.07. The lowest BCUT2D eigenvalue weighted by Crippen LogP contribution is -2.26. The highest BCUT2D eigenvalue weighted by Crippen LogP contribution is 2.10. The zero-order valence-corrected chi connectivity index (χ0v) is 7.97. The van der Waals surface area contributed by atoms with Crippen LogP contribution in [0.5, 0.6) is 5.88 Å². The second-order valence-electron chi connectivity index (χ2n) is 2.68. The number of carboxylic acid groups (broad SMARTS) is 1. The van der Waals surface area contributed by atoms with Crippen molar-refractivity contribution in [3.8, 4) is 5.88 Å². The number of carboxylic acids is 1. The molecule has 0 bridgehead atoms. The Balaban J connectivity index is 2.71. The fraction of sp³-hybridized carbons (Fsp3) is 0.375. The third-order valence-corrected chi connectivity index (χ3v) is 1.60. The van der Waals surface area contributed by atoms with Crippen molar-refractivity contribution in [3.05, 3.63) is 12.1 Å². The van der Waals surface area contributed by atoms with Gasteiger partial charge < -0.3 is 14.7 Å². The third kappa shape index (κ3) is 2.58. The van der Waals surface area contributed by atoms with E-state index in [1.54, 1.807) is 19.2 Å². The largest absolute Gasteiger partial charge is 0.480 e. The molecule has 0 aromatic carbocycles. The van der Waals surface area contributed by atoms with Gasteiger partial charge in [0, 0.05) is 13.1 Å². The number of hydrogen-bond donors (Lipinski definition) is 1.